The summed E-state index contributed by atoms with van der Waals surface area (Å²) in [6.07, 6.45) is 0. The van der Waals surface area contributed by atoms with Crippen LogP contribution in [0.2, 0.25) is 0 Å². The van der Waals surface area contributed by atoms with Crippen molar-refractivity contribution in [3.8, 4) is 5.75 Å². The minimum Gasteiger partial charge on any atom is -0.295 e. The molecule has 0 aliphatic carbocycles. The number of hydrogen-bond acceptors (Lipinski definition) is 4. The molecule has 0 aromatic heterocycles. The molecule has 0 spiro atoms. The summed E-state index contributed by atoms with van der Waals surface area (Å²) in [4.78, 5) is 19.0. The van der Waals surface area contributed by atoms with Gasteiger partial charge in [0.15, 0.2) is 5.75 Å². The number of nitrogens with zero attached hydrogens (tertiary/aromatic N) is 1. The van der Waals surface area contributed by atoms with Gasteiger partial charge >= 0.3 is 0 Å². The maximum absolute atomic E-state index is 10.4. The van der Waals surface area contributed by atoms with Gasteiger partial charge in [-0.1, -0.05) is 0 Å². The summed E-state index contributed by atoms with van der Waals surface area (Å²) in [6.45, 7) is 1.35. The summed E-state index contributed by atoms with van der Waals surface area (Å²) < 4.78 is 0. The fraction of sp³-hybridized carbons (Fsp3) is 0.125. The fourth-order valence-corrected chi connectivity index (χ4v) is 0.568. The fourth-order valence-electron chi connectivity index (χ4n) is 0.568. The first kappa shape index (κ1) is 12.8. The van der Waals surface area contributed by atoms with E-state index in [2.05, 4.69) is 5.84 Å². The molecule has 0 saturated heterocycles. The van der Waals surface area contributed by atoms with Crippen molar-refractivity contribution < 1.29 is 14.8 Å². The molecule has 1 amide bonds. The normalized spacial score (nSPS) is 8.40. The predicted molar refractivity (Wildman–Crippen MR) is 51.2 cm³/mol. The molecule has 0 unspecified atom stereocenters. The lowest BCUT2D eigenvalue weighted by Gasteiger charge is -1.87. The molecule has 7 nitrogen and oxygen atoms in total. The number of carbonyl (C=O) groups excluding carboxylic acids is 1. The first-order valence-electron chi connectivity index (χ1n) is 3.86. The average Bonchev–Trinajstić information content (AvgIpc) is 2.19. The van der Waals surface area contributed by atoms with Crippen LogP contribution in [-0.2, 0) is 9.90 Å². The van der Waals surface area contributed by atoms with Gasteiger partial charge in [0.25, 0.3) is 5.69 Å². The third kappa shape index (κ3) is 5.99. The Labute approximate surface area is 85.6 Å². The average molecular weight is 212 g/mol. The van der Waals surface area contributed by atoms with E-state index >= 15 is 0 Å². The lowest BCUT2D eigenvalue weighted by molar-refractivity contribution is -0.384. The summed E-state index contributed by atoms with van der Waals surface area (Å²) in [5, 5.41) is 20.4. The van der Waals surface area contributed by atoms with Crippen molar-refractivity contribution in [3.05, 3.63) is 34.4 Å². The maximum atomic E-state index is 10.4. The Bertz CT molecular complexity index is 336. The summed E-state index contributed by atoms with van der Waals surface area (Å²) in [5.74, 6) is 4.14. The summed E-state index contributed by atoms with van der Waals surface area (Å²) in [5.41, 5.74) is 1.83. The van der Waals surface area contributed by atoms with Crippen LogP contribution in [0.25, 0.3) is 0 Å². The molecule has 0 heterocycles. The lowest BCUT2D eigenvalue weighted by atomic mass is 10.3. The number of non-ortho nitro benzene ring substituents is 1. The van der Waals surface area contributed by atoms with E-state index in [9.17, 15) is 20.0 Å². The van der Waals surface area contributed by atoms with Crippen molar-refractivity contribution >= 4 is 11.6 Å². The van der Waals surface area contributed by atoms with E-state index in [1.807, 2.05) is 5.43 Å². The monoisotopic (exact) mass is 212 g/mol. The summed E-state index contributed by atoms with van der Waals surface area (Å²) in [6, 6.07) is 4.70. The van der Waals surface area contributed by atoms with Gasteiger partial charge in [-0.05, 0) is 12.1 Å². The maximum Gasteiger partial charge on any atom is 0.269 e. The minimum absolute atomic E-state index is 0.0559. The number of rotatable bonds is 1. The SMILES string of the molecule is CC(=O)NN.[O]c1ccc([N+](=O)[O-])cc1. The number of nitro groups is 1. The van der Waals surface area contributed by atoms with Crippen LogP contribution < -0.4 is 11.3 Å². The van der Waals surface area contributed by atoms with Gasteiger partial charge in [0.1, 0.15) is 0 Å². The molecule has 0 saturated carbocycles. The number of amides is 1. The van der Waals surface area contributed by atoms with Crippen molar-refractivity contribution in [1.29, 1.82) is 0 Å². The van der Waals surface area contributed by atoms with Crippen molar-refractivity contribution in [3.63, 3.8) is 0 Å². The van der Waals surface area contributed by atoms with Gasteiger partial charge in [0.2, 0.25) is 5.91 Å². The molecule has 81 valence electrons. The zero-order valence-corrected chi connectivity index (χ0v) is 7.97. The summed E-state index contributed by atoms with van der Waals surface area (Å²) in [7, 11) is 0. The van der Waals surface area contributed by atoms with E-state index in [-0.39, 0.29) is 17.3 Å². The number of hydrogen-bond donors (Lipinski definition) is 2. The van der Waals surface area contributed by atoms with E-state index in [0.29, 0.717) is 0 Å². The quantitative estimate of drug-likeness (QED) is 0.308. The molecule has 0 fully saturated rings. The highest BCUT2D eigenvalue weighted by atomic mass is 16.6. The molecule has 1 aromatic rings. The second-order valence-corrected chi connectivity index (χ2v) is 2.45. The molecule has 0 atom stereocenters. The Kier molecular flexibility index (Phi) is 5.42. The van der Waals surface area contributed by atoms with Crippen LogP contribution in [0.3, 0.4) is 0 Å². The topological polar surface area (TPSA) is 118 Å². The van der Waals surface area contributed by atoms with Gasteiger partial charge in [-0.25, -0.2) is 5.84 Å². The molecule has 1 aromatic carbocycles. The van der Waals surface area contributed by atoms with Crippen molar-refractivity contribution in [2.45, 2.75) is 6.92 Å². The van der Waals surface area contributed by atoms with Crippen LogP contribution in [0.5, 0.6) is 5.75 Å². The van der Waals surface area contributed by atoms with Crippen LogP contribution in [0.1, 0.15) is 6.92 Å². The Hall–Kier alpha value is -2.15. The predicted octanol–water partition coefficient (Wildman–Crippen LogP) is 0.735. The molecule has 0 aliphatic rings. The standard InChI is InChI=1S/C6H4NO3.C2H6N2O/c8-6-3-1-5(2-4-6)7(9)10;1-2(5)4-3/h1-4H;3H2,1H3,(H,4,5). The molecule has 0 aliphatic heterocycles. The molecule has 3 N–H and O–H groups in total. The van der Waals surface area contributed by atoms with E-state index in [0.717, 1.165) is 12.1 Å². The molecule has 0 bridgehead atoms. The second-order valence-electron chi connectivity index (χ2n) is 2.45. The number of nitro benzene ring substituents is 1. The van der Waals surface area contributed by atoms with Gasteiger partial charge < -0.3 is 0 Å². The Balaban J connectivity index is 0.000000336. The van der Waals surface area contributed by atoms with Crippen molar-refractivity contribution in [2.75, 3.05) is 0 Å². The van der Waals surface area contributed by atoms with E-state index in [1.54, 1.807) is 0 Å². The van der Waals surface area contributed by atoms with Crippen LogP contribution in [0.4, 0.5) is 5.69 Å². The Morgan fingerprint density at radius 3 is 2.07 bits per heavy atom. The molecular weight excluding hydrogens is 202 g/mol. The molecule has 15 heavy (non-hydrogen) atoms. The zero-order valence-electron chi connectivity index (χ0n) is 7.97. The Morgan fingerprint density at radius 1 is 1.40 bits per heavy atom. The third-order valence-electron chi connectivity index (χ3n) is 1.25. The third-order valence-corrected chi connectivity index (χ3v) is 1.25. The lowest BCUT2D eigenvalue weighted by Crippen LogP contribution is -2.26. The van der Waals surface area contributed by atoms with Gasteiger partial charge in [0, 0.05) is 19.1 Å². The van der Waals surface area contributed by atoms with Crippen LogP contribution in [0.15, 0.2) is 24.3 Å². The smallest absolute Gasteiger partial charge is 0.269 e. The first-order valence-corrected chi connectivity index (χ1v) is 3.86. The molecule has 7 heteroatoms. The Morgan fingerprint density at radius 2 is 1.80 bits per heavy atom. The number of hydrazine groups is 1. The minimum atomic E-state index is -0.542. The second kappa shape index (κ2) is 6.33. The highest BCUT2D eigenvalue weighted by Gasteiger charge is 2.02. The van der Waals surface area contributed by atoms with E-state index in [4.69, 9.17) is 0 Å². The molecule has 1 rings (SSSR count). The van der Waals surface area contributed by atoms with Gasteiger partial charge in [0.05, 0.1) is 4.92 Å². The molecule has 1 radical (unpaired) electrons. The van der Waals surface area contributed by atoms with Crippen molar-refractivity contribution in [1.82, 2.24) is 5.43 Å². The molecular formula is C8H10N3O4. The number of nitrogens with two attached hydrogens (primary N) is 1. The van der Waals surface area contributed by atoms with Crippen molar-refractivity contribution in [2.24, 2.45) is 5.84 Å². The largest absolute Gasteiger partial charge is 0.295 e. The van der Waals surface area contributed by atoms with Crippen LogP contribution >= 0.6 is 0 Å². The van der Waals surface area contributed by atoms with E-state index in [1.165, 1.54) is 19.1 Å². The first-order chi connectivity index (χ1) is 6.97. The van der Waals surface area contributed by atoms with Crippen LogP contribution in [0, 0.1) is 10.1 Å². The van der Waals surface area contributed by atoms with Crippen LogP contribution in [-0.4, -0.2) is 10.8 Å². The van der Waals surface area contributed by atoms with Gasteiger partial charge in [-0.2, -0.15) is 0 Å². The highest BCUT2D eigenvalue weighted by Crippen LogP contribution is 2.15. The van der Waals surface area contributed by atoms with Gasteiger partial charge in [-0.15, -0.1) is 0 Å². The summed E-state index contributed by atoms with van der Waals surface area (Å²) >= 11 is 0. The van der Waals surface area contributed by atoms with E-state index < -0.39 is 4.92 Å². The zero-order chi connectivity index (χ0) is 11.8. The number of benzene rings is 1. The number of carbonyl (C=O) groups is 1. The van der Waals surface area contributed by atoms with Gasteiger partial charge in [-0.3, -0.25) is 25.4 Å². The number of nitrogens with one attached hydrogen (secondary N) is 1. The highest BCUT2D eigenvalue weighted by molar-refractivity contribution is 5.71.